The predicted molar refractivity (Wildman–Crippen MR) is 141 cm³/mol. The van der Waals surface area contributed by atoms with E-state index in [0.29, 0.717) is 28.3 Å². The van der Waals surface area contributed by atoms with Crippen molar-refractivity contribution < 1.29 is 18.0 Å². The Morgan fingerprint density at radius 2 is 1.67 bits per heavy atom. The number of benzene rings is 2. The number of urea groups is 1. The topological polar surface area (TPSA) is 114 Å². The Bertz CT molecular complexity index is 1430. The van der Waals surface area contributed by atoms with Crippen molar-refractivity contribution in [2.24, 2.45) is 0 Å². The summed E-state index contributed by atoms with van der Waals surface area (Å²) < 4.78 is 41.1. The van der Waals surface area contributed by atoms with Crippen LogP contribution >= 0.6 is 0 Å². The number of aromatic nitrogens is 4. The van der Waals surface area contributed by atoms with Crippen molar-refractivity contribution in [2.45, 2.75) is 25.1 Å². The van der Waals surface area contributed by atoms with Crippen LogP contribution in [0.25, 0.3) is 16.9 Å². The summed E-state index contributed by atoms with van der Waals surface area (Å²) in [6, 6.07) is 17.4. The molecule has 2 amide bonds. The van der Waals surface area contributed by atoms with E-state index in [1.807, 2.05) is 60.7 Å². The number of rotatable bonds is 6. The Morgan fingerprint density at radius 3 is 2.31 bits per heavy atom. The van der Waals surface area contributed by atoms with Gasteiger partial charge < -0.3 is 11.1 Å². The van der Waals surface area contributed by atoms with Gasteiger partial charge in [-0.25, -0.2) is 19.4 Å². The molecular formula is C27H27F3N8O. The van der Waals surface area contributed by atoms with E-state index in [-0.39, 0.29) is 25.0 Å². The van der Waals surface area contributed by atoms with E-state index in [2.05, 4.69) is 20.6 Å². The fraction of sp³-hybridized carbons (Fsp3) is 0.259. The van der Waals surface area contributed by atoms with Gasteiger partial charge in [0.15, 0.2) is 0 Å². The Morgan fingerprint density at radius 1 is 1.03 bits per heavy atom. The van der Waals surface area contributed by atoms with Gasteiger partial charge in [0.05, 0.1) is 18.3 Å². The van der Waals surface area contributed by atoms with E-state index in [1.54, 1.807) is 24.0 Å². The second-order valence-corrected chi connectivity index (χ2v) is 9.43. The molecule has 1 fully saturated rings. The molecule has 2 aromatic carbocycles. The van der Waals surface area contributed by atoms with Crippen molar-refractivity contribution in [2.75, 3.05) is 30.7 Å². The summed E-state index contributed by atoms with van der Waals surface area (Å²) in [5.41, 5.74) is 9.02. The summed E-state index contributed by atoms with van der Waals surface area (Å²) in [6.07, 6.45) is -1.23. The van der Waals surface area contributed by atoms with Crippen LogP contribution in [0.1, 0.15) is 17.0 Å². The SMILES string of the molecule is Cc1c(-c2cnc(N)nc2)nn(-c2ccccc2)c1NC(=O)N[C@H]1CN(CC(F)(F)F)C[C@@H]1c1ccccc1. The van der Waals surface area contributed by atoms with Crippen LogP contribution < -0.4 is 16.4 Å². The average molecular weight is 537 g/mol. The van der Waals surface area contributed by atoms with Gasteiger partial charge in [0.25, 0.3) is 0 Å². The van der Waals surface area contributed by atoms with Crippen LogP contribution in [-0.4, -0.2) is 62.5 Å². The van der Waals surface area contributed by atoms with Crippen LogP contribution in [0, 0.1) is 6.92 Å². The van der Waals surface area contributed by atoms with Gasteiger partial charge in [0.2, 0.25) is 5.95 Å². The summed E-state index contributed by atoms with van der Waals surface area (Å²) in [7, 11) is 0. The molecule has 9 nitrogen and oxygen atoms in total. The summed E-state index contributed by atoms with van der Waals surface area (Å²) >= 11 is 0. The Kier molecular flexibility index (Phi) is 7.20. The third kappa shape index (κ3) is 6.01. The van der Waals surface area contributed by atoms with Crippen molar-refractivity contribution in [1.82, 2.24) is 30.0 Å². The number of likely N-dealkylation sites (tertiary alicyclic amines) is 1. The highest BCUT2D eigenvalue weighted by molar-refractivity contribution is 5.91. The fourth-order valence-corrected chi connectivity index (χ4v) is 4.90. The molecule has 12 heteroatoms. The summed E-state index contributed by atoms with van der Waals surface area (Å²) in [5.74, 6) is 0.231. The number of para-hydroxylation sites is 1. The second-order valence-electron chi connectivity index (χ2n) is 9.43. The normalized spacial score (nSPS) is 17.7. The number of anilines is 2. The van der Waals surface area contributed by atoms with E-state index in [1.165, 1.54) is 4.90 Å². The molecule has 2 aromatic heterocycles. The predicted octanol–water partition coefficient (Wildman–Crippen LogP) is 4.37. The first-order chi connectivity index (χ1) is 18.7. The van der Waals surface area contributed by atoms with Crippen molar-refractivity contribution >= 4 is 17.8 Å². The molecule has 202 valence electrons. The molecule has 4 N–H and O–H groups in total. The number of nitrogens with zero attached hydrogens (tertiary/aromatic N) is 5. The van der Waals surface area contributed by atoms with Gasteiger partial charge in [-0.15, -0.1) is 0 Å². The highest BCUT2D eigenvalue weighted by Gasteiger charge is 2.40. The number of carbonyl (C=O) groups is 1. The zero-order valence-corrected chi connectivity index (χ0v) is 21.1. The Balaban J connectivity index is 1.42. The van der Waals surface area contributed by atoms with E-state index in [9.17, 15) is 18.0 Å². The quantitative estimate of drug-likeness (QED) is 0.337. The standard InChI is InChI=1S/C27H27F3N8O/c1-17-23(19-12-32-25(31)33-13-19)36-38(20-10-6-3-7-11-20)24(17)35-26(39)34-22-15-37(16-27(28,29)30)14-21(22)18-8-4-2-5-9-18/h2-13,21-22H,14-16H2,1H3,(H2,31,32,33)(H2,34,35,39)/t21-,22+/m1/s1. The minimum Gasteiger partial charge on any atom is -0.368 e. The van der Waals surface area contributed by atoms with E-state index in [0.717, 1.165) is 5.56 Å². The molecule has 39 heavy (non-hydrogen) atoms. The van der Waals surface area contributed by atoms with Gasteiger partial charge in [0.1, 0.15) is 11.5 Å². The van der Waals surface area contributed by atoms with Crippen LogP contribution in [0.4, 0.5) is 29.7 Å². The minimum absolute atomic E-state index is 0.0669. The van der Waals surface area contributed by atoms with Crippen LogP contribution in [-0.2, 0) is 0 Å². The van der Waals surface area contributed by atoms with E-state index < -0.39 is 24.8 Å². The number of hydrogen-bond donors (Lipinski definition) is 3. The molecular weight excluding hydrogens is 509 g/mol. The van der Waals surface area contributed by atoms with Gasteiger partial charge in [-0.2, -0.15) is 18.3 Å². The van der Waals surface area contributed by atoms with Crippen LogP contribution in [0.5, 0.6) is 0 Å². The molecule has 0 saturated carbocycles. The third-order valence-corrected chi connectivity index (χ3v) is 6.64. The molecule has 1 aliphatic rings. The first-order valence-corrected chi connectivity index (χ1v) is 12.3. The molecule has 1 saturated heterocycles. The van der Waals surface area contributed by atoms with Crippen LogP contribution in [0.2, 0.25) is 0 Å². The summed E-state index contributed by atoms with van der Waals surface area (Å²) in [5, 5.41) is 10.5. The van der Waals surface area contributed by atoms with Crippen molar-refractivity contribution in [3.63, 3.8) is 0 Å². The minimum atomic E-state index is -4.33. The third-order valence-electron chi connectivity index (χ3n) is 6.64. The zero-order valence-electron chi connectivity index (χ0n) is 21.1. The Labute approximate surface area is 222 Å². The van der Waals surface area contributed by atoms with Crippen molar-refractivity contribution in [1.29, 1.82) is 0 Å². The van der Waals surface area contributed by atoms with E-state index >= 15 is 0 Å². The molecule has 0 bridgehead atoms. The number of nitrogens with two attached hydrogens (primary N) is 1. The number of hydrogen-bond acceptors (Lipinski definition) is 6. The molecule has 0 unspecified atom stereocenters. The van der Waals surface area contributed by atoms with Gasteiger partial charge >= 0.3 is 12.2 Å². The Hall–Kier alpha value is -4.45. The van der Waals surface area contributed by atoms with Gasteiger partial charge in [-0.05, 0) is 24.6 Å². The van der Waals surface area contributed by atoms with Crippen molar-refractivity contribution in [3.8, 4) is 16.9 Å². The highest BCUT2D eigenvalue weighted by Crippen LogP contribution is 2.32. The number of halogens is 3. The fourth-order valence-electron chi connectivity index (χ4n) is 4.90. The van der Waals surface area contributed by atoms with E-state index in [4.69, 9.17) is 10.8 Å². The lowest BCUT2D eigenvalue weighted by molar-refractivity contribution is -0.143. The summed E-state index contributed by atoms with van der Waals surface area (Å²) in [4.78, 5) is 22.7. The maximum atomic E-state index is 13.3. The lowest BCUT2D eigenvalue weighted by atomic mass is 9.94. The lowest BCUT2D eigenvalue weighted by Crippen LogP contribution is -2.43. The number of amides is 2. The molecule has 3 heterocycles. The number of carbonyl (C=O) groups excluding carboxylic acids is 1. The lowest BCUT2D eigenvalue weighted by Gasteiger charge is -2.21. The number of nitrogen functional groups attached to an aromatic ring is 1. The van der Waals surface area contributed by atoms with Gasteiger partial charge in [-0.1, -0.05) is 48.5 Å². The highest BCUT2D eigenvalue weighted by atomic mass is 19.4. The molecule has 0 aliphatic carbocycles. The van der Waals surface area contributed by atoms with Gasteiger partial charge in [-0.3, -0.25) is 10.2 Å². The molecule has 5 rings (SSSR count). The first kappa shape index (κ1) is 26.2. The largest absolute Gasteiger partial charge is 0.401 e. The average Bonchev–Trinajstić information content (AvgIpc) is 3.44. The summed E-state index contributed by atoms with van der Waals surface area (Å²) in [6.45, 7) is 1.01. The monoisotopic (exact) mass is 536 g/mol. The van der Waals surface area contributed by atoms with Gasteiger partial charge in [0, 0.05) is 42.5 Å². The molecule has 2 atom stereocenters. The maximum Gasteiger partial charge on any atom is 0.401 e. The van der Waals surface area contributed by atoms with Crippen molar-refractivity contribution in [3.05, 3.63) is 84.2 Å². The molecule has 0 radical (unpaired) electrons. The zero-order chi connectivity index (χ0) is 27.6. The first-order valence-electron chi connectivity index (χ1n) is 12.3. The molecule has 0 spiro atoms. The number of alkyl halides is 3. The molecule has 4 aromatic rings. The van der Waals surface area contributed by atoms with Crippen LogP contribution in [0.3, 0.4) is 0 Å². The molecule has 1 aliphatic heterocycles. The maximum absolute atomic E-state index is 13.3. The number of nitrogens with one attached hydrogen (secondary N) is 2. The smallest absolute Gasteiger partial charge is 0.368 e. The second kappa shape index (κ2) is 10.7. The van der Waals surface area contributed by atoms with Crippen LogP contribution in [0.15, 0.2) is 73.1 Å².